The number of hydrogen-bond donors (Lipinski definition) is 1. The Morgan fingerprint density at radius 1 is 1.17 bits per heavy atom. The fraction of sp³-hybridized carbons (Fsp3) is 0.263. The number of carbonyl (C=O) groups is 1. The summed E-state index contributed by atoms with van der Waals surface area (Å²) in [4.78, 5) is 34.1. The number of hydrogen-bond acceptors (Lipinski definition) is 7. The number of pyridine rings is 1. The minimum Gasteiger partial charge on any atom is -0.355 e. The first-order chi connectivity index (χ1) is 14.1. The van der Waals surface area contributed by atoms with Crippen LogP contribution < -0.4 is 10.2 Å². The molecule has 1 N–H and O–H groups in total. The van der Waals surface area contributed by atoms with Crippen molar-refractivity contribution < 1.29 is 9.72 Å². The monoisotopic (exact) mass is 393 g/mol. The van der Waals surface area contributed by atoms with E-state index in [-0.39, 0.29) is 16.9 Å². The molecule has 1 aliphatic rings. The van der Waals surface area contributed by atoms with Gasteiger partial charge in [0.15, 0.2) is 5.82 Å². The number of nitro groups is 1. The molecular formula is C19H19N7O3. The van der Waals surface area contributed by atoms with Gasteiger partial charge in [-0.05, 0) is 43.5 Å². The van der Waals surface area contributed by atoms with Gasteiger partial charge in [0.25, 0.3) is 11.6 Å². The van der Waals surface area contributed by atoms with Gasteiger partial charge in [-0.1, -0.05) is 0 Å². The molecule has 0 saturated carbocycles. The van der Waals surface area contributed by atoms with Crippen molar-refractivity contribution >= 4 is 23.1 Å². The Hall–Kier alpha value is -3.82. The molecule has 4 rings (SSSR count). The standard InChI is InChI=1S/C19H19N7O3/c27-19(23-15-5-4-8-21-18(15)24-9-2-1-3-10-24)14-6-7-16(17(11-14)26(28)29)25-13-20-12-22-25/h4-8,11-13H,1-3,9-10H2,(H,23,27). The summed E-state index contributed by atoms with van der Waals surface area (Å²) >= 11 is 0. The Balaban J connectivity index is 1.61. The highest BCUT2D eigenvalue weighted by molar-refractivity contribution is 6.06. The van der Waals surface area contributed by atoms with Crippen molar-refractivity contribution in [3.05, 3.63) is 64.9 Å². The number of anilines is 2. The lowest BCUT2D eigenvalue weighted by atomic mass is 10.1. The smallest absolute Gasteiger partial charge is 0.295 e. The van der Waals surface area contributed by atoms with E-state index in [9.17, 15) is 14.9 Å². The summed E-state index contributed by atoms with van der Waals surface area (Å²) in [6, 6.07) is 7.78. The lowest BCUT2D eigenvalue weighted by Crippen LogP contribution is -2.31. The van der Waals surface area contributed by atoms with Crippen molar-refractivity contribution in [2.24, 2.45) is 0 Å². The quantitative estimate of drug-likeness (QED) is 0.523. The maximum atomic E-state index is 12.8. The second-order valence-electron chi connectivity index (χ2n) is 6.68. The molecule has 1 aliphatic heterocycles. The van der Waals surface area contributed by atoms with Gasteiger partial charge in [0.05, 0.1) is 10.6 Å². The summed E-state index contributed by atoms with van der Waals surface area (Å²) in [5, 5.41) is 18.3. The van der Waals surface area contributed by atoms with E-state index < -0.39 is 10.8 Å². The van der Waals surface area contributed by atoms with Gasteiger partial charge in [0, 0.05) is 30.9 Å². The van der Waals surface area contributed by atoms with Crippen LogP contribution in [0.5, 0.6) is 0 Å². The van der Waals surface area contributed by atoms with Gasteiger partial charge in [-0.2, -0.15) is 5.10 Å². The summed E-state index contributed by atoms with van der Waals surface area (Å²) in [6.07, 6.45) is 7.70. The fourth-order valence-electron chi connectivity index (χ4n) is 3.38. The van der Waals surface area contributed by atoms with Gasteiger partial charge in [-0.15, -0.1) is 0 Å². The van der Waals surface area contributed by atoms with E-state index >= 15 is 0 Å². The second-order valence-corrected chi connectivity index (χ2v) is 6.68. The van der Waals surface area contributed by atoms with Gasteiger partial charge >= 0.3 is 0 Å². The highest BCUT2D eigenvalue weighted by Crippen LogP contribution is 2.28. The van der Waals surface area contributed by atoms with Crippen molar-refractivity contribution in [2.45, 2.75) is 19.3 Å². The molecular weight excluding hydrogens is 374 g/mol. The first-order valence-electron chi connectivity index (χ1n) is 9.28. The largest absolute Gasteiger partial charge is 0.355 e. The first-order valence-corrected chi connectivity index (χ1v) is 9.28. The van der Waals surface area contributed by atoms with Gasteiger partial charge in [-0.3, -0.25) is 14.9 Å². The first kappa shape index (κ1) is 18.5. The third-order valence-electron chi connectivity index (χ3n) is 4.79. The van der Waals surface area contributed by atoms with Crippen LogP contribution in [0.3, 0.4) is 0 Å². The van der Waals surface area contributed by atoms with E-state index in [2.05, 4.69) is 25.3 Å². The van der Waals surface area contributed by atoms with Crippen LogP contribution in [0.15, 0.2) is 49.2 Å². The zero-order valence-corrected chi connectivity index (χ0v) is 15.6. The molecule has 0 radical (unpaired) electrons. The Labute approximate surface area is 166 Å². The number of aromatic nitrogens is 4. The molecule has 1 fully saturated rings. The molecule has 0 spiro atoms. The van der Waals surface area contributed by atoms with Gasteiger partial charge in [-0.25, -0.2) is 14.6 Å². The molecule has 0 aliphatic carbocycles. The zero-order chi connectivity index (χ0) is 20.2. The van der Waals surface area contributed by atoms with Crippen LogP contribution in [0.1, 0.15) is 29.6 Å². The number of nitrogens with zero attached hydrogens (tertiary/aromatic N) is 6. The highest BCUT2D eigenvalue weighted by Gasteiger charge is 2.21. The van der Waals surface area contributed by atoms with Crippen LogP contribution in [0.25, 0.3) is 5.69 Å². The molecule has 1 saturated heterocycles. The van der Waals surface area contributed by atoms with Crippen LogP contribution in [0.2, 0.25) is 0 Å². The van der Waals surface area contributed by atoms with Gasteiger partial charge in [0.1, 0.15) is 18.3 Å². The minimum absolute atomic E-state index is 0.175. The predicted octanol–water partition coefficient (Wildman–Crippen LogP) is 2.81. The summed E-state index contributed by atoms with van der Waals surface area (Å²) in [6.45, 7) is 1.77. The molecule has 0 bridgehead atoms. The fourth-order valence-corrected chi connectivity index (χ4v) is 3.38. The zero-order valence-electron chi connectivity index (χ0n) is 15.6. The Bertz CT molecular complexity index is 1030. The maximum absolute atomic E-state index is 12.8. The summed E-state index contributed by atoms with van der Waals surface area (Å²) in [7, 11) is 0. The SMILES string of the molecule is O=C(Nc1cccnc1N1CCCCC1)c1ccc(-n2cncn2)c([N+](=O)[O-])c1. The highest BCUT2D eigenvalue weighted by atomic mass is 16.6. The van der Waals surface area contributed by atoms with E-state index in [1.165, 1.54) is 42.0 Å². The lowest BCUT2D eigenvalue weighted by Gasteiger charge is -2.29. The van der Waals surface area contributed by atoms with Crippen molar-refractivity contribution in [2.75, 3.05) is 23.3 Å². The molecule has 2 aromatic heterocycles. The number of nitrogens with one attached hydrogen (secondary N) is 1. The number of amides is 1. The summed E-state index contributed by atoms with van der Waals surface area (Å²) in [5.74, 6) is 0.277. The van der Waals surface area contributed by atoms with E-state index in [0.717, 1.165) is 25.9 Å². The lowest BCUT2D eigenvalue weighted by molar-refractivity contribution is -0.384. The number of rotatable bonds is 5. The second kappa shape index (κ2) is 8.05. The topological polar surface area (TPSA) is 119 Å². The van der Waals surface area contributed by atoms with Crippen molar-refractivity contribution in [1.82, 2.24) is 19.7 Å². The number of benzene rings is 1. The third kappa shape index (κ3) is 3.91. The Morgan fingerprint density at radius 2 is 2.00 bits per heavy atom. The van der Waals surface area contributed by atoms with Gasteiger partial charge in [0.2, 0.25) is 0 Å². The van der Waals surface area contributed by atoms with Crippen LogP contribution >= 0.6 is 0 Å². The van der Waals surface area contributed by atoms with Crippen molar-refractivity contribution in [3.8, 4) is 5.69 Å². The van der Waals surface area contributed by atoms with Crippen LogP contribution in [-0.2, 0) is 0 Å². The molecule has 0 atom stereocenters. The van der Waals surface area contributed by atoms with Crippen LogP contribution in [-0.4, -0.2) is 43.7 Å². The Kier molecular flexibility index (Phi) is 5.14. The maximum Gasteiger partial charge on any atom is 0.295 e. The molecule has 10 heteroatoms. The van der Waals surface area contributed by atoms with Crippen LogP contribution in [0, 0.1) is 10.1 Å². The summed E-state index contributed by atoms with van der Waals surface area (Å²) in [5.41, 5.74) is 0.765. The third-order valence-corrected chi connectivity index (χ3v) is 4.79. The molecule has 1 amide bonds. The molecule has 0 unspecified atom stereocenters. The number of piperidine rings is 1. The average Bonchev–Trinajstić information content (AvgIpc) is 3.29. The van der Waals surface area contributed by atoms with Gasteiger partial charge < -0.3 is 10.2 Å². The molecule has 29 heavy (non-hydrogen) atoms. The number of carbonyl (C=O) groups excluding carboxylic acids is 1. The predicted molar refractivity (Wildman–Crippen MR) is 106 cm³/mol. The van der Waals surface area contributed by atoms with Crippen LogP contribution in [0.4, 0.5) is 17.2 Å². The minimum atomic E-state index is -0.545. The molecule has 10 nitrogen and oxygen atoms in total. The van der Waals surface area contributed by atoms with E-state index in [0.29, 0.717) is 11.5 Å². The van der Waals surface area contributed by atoms with E-state index in [1.54, 1.807) is 18.3 Å². The molecule has 3 aromatic rings. The normalized spacial score (nSPS) is 13.9. The van der Waals surface area contributed by atoms with E-state index in [1.807, 2.05) is 0 Å². The van der Waals surface area contributed by atoms with Crippen molar-refractivity contribution in [3.63, 3.8) is 0 Å². The molecule has 3 heterocycles. The van der Waals surface area contributed by atoms with E-state index in [4.69, 9.17) is 0 Å². The summed E-state index contributed by atoms with van der Waals surface area (Å²) < 4.78 is 1.29. The number of nitro benzene ring substituents is 1. The molecule has 1 aromatic carbocycles. The van der Waals surface area contributed by atoms with Crippen molar-refractivity contribution in [1.29, 1.82) is 0 Å². The average molecular weight is 393 g/mol. The Morgan fingerprint density at radius 3 is 2.72 bits per heavy atom. The molecule has 148 valence electrons.